The van der Waals surface area contributed by atoms with Crippen LogP contribution in [0.1, 0.15) is 36.8 Å². The lowest BCUT2D eigenvalue weighted by atomic mass is 10.1. The molecule has 3 N–H and O–H groups in total. The predicted octanol–water partition coefficient (Wildman–Crippen LogP) is 3.99. The fourth-order valence-corrected chi connectivity index (χ4v) is 4.09. The summed E-state index contributed by atoms with van der Waals surface area (Å²) < 4.78 is 13.5. The lowest BCUT2D eigenvalue weighted by Crippen LogP contribution is -2.37. The fourth-order valence-electron chi connectivity index (χ4n) is 4.09. The zero-order valence-electron chi connectivity index (χ0n) is 18.1. The molecule has 2 aromatic heterocycles. The lowest BCUT2D eigenvalue weighted by Gasteiger charge is -2.21. The van der Waals surface area contributed by atoms with Crippen molar-refractivity contribution in [2.75, 3.05) is 31.6 Å². The first kappa shape index (κ1) is 21.2. The Balaban J connectivity index is 1.26. The van der Waals surface area contributed by atoms with Crippen molar-refractivity contribution in [1.29, 1.82) is 0 Å². The summed E-state index contributed by atoms with van der Waals surface area (Å²) in [6.45, 7) is 3.56. The summed E-state index contributed by atoms with van der Waals surface area (Å²) in [5, 5.41) is 7.60. The van der Waals surface area contributed by atoms with Gasteiger partial charge in [-0.15, -0.1) is 0 Å². The van der Waals surface area contributed by atoms with Crippen LogP contribution in [0.4, 0.5) is 10.2 Å². The van der Waals surface area contributed by atoms with E-state index in [1.54, 1.807) is 19.2 Å². The number of hydrogen-bond acceptors (Lipinski definition) is 3. The summed E-state index contributed by atoms with van der Waals surface area (Å²) >= 11 is 0. The number of benzene rings is 1. The standard InChI is InChI=1S/C24H31FN6/c1-26-24(27-11-10-19-17-28-22-8-7-20(25)14-21(19)22)30-16-18-6-9-23(29-15-18)31-12-4-2-3-5-13-31/h6-9,14-15,17,28H,2-5,10-13,16H2,1H3,(H2,26,27,30). The SMILES string of the molecule is CN=C(NCCc1c[nH]c2ccc(F)cc12)NCc1ccc(N2CCCCCC2)nc1. The summed E-state index contributed by atoms with van der Waals surface area (Å²) in [4.78, 5) is 14.6. The van der Waals surface area contributed by atoms with Crippen LogP contribution in [0.25, 0.3) is 10.9 Å². The van der Waals surface area contributed by atoms with Crippen LogP contribution in [-0.2, 0) is 13.0 Å². The number of aromatic nitrogens is 2. The van der Waals surface area contributed by atoms with Gasteiger partial charge < -0.3 is 20.5 Å². The average Bonchev–Trinajstić information content (AvgIpc) is 2.99. The largest absolute Gasteiger partial charge is 0.361 e. The Labute approximate surface area is 183 Å². The summed E-state index contributed by atoms with van der Waals surface area (Å²) in [5.41, 5.74) is 3.16. The molecular weight excluding hydrogens is 391 g/mol. The second-order valence-corrected chi connectivity index (χ2v) is 8.03. The number of hydrogen-bond donors (Lipinski definition) is 3. The van der Waals surface area contributed by atoms with Gasteiger partial charge in [-0.25, -0.2) is 9.37 Å². The highest BCUT2D eigenvalue weighted by Gasteiger charge is 2.11. The minimum atomic E-state index is -0.214. The number of aromatic amines is 1. The molecule has 31 heavy (non-hydrogen) atoms. The highest BCUT2D eigenvalue weighted by molar-refractivity contribution is 5.83. The first-order valence-corrected chi connectivity index (χ1v) is 11.1. The van der Waals surface area contributed by atoms with Gasteiger partial charge in [0.2, 0.25) is 0 Å². The molecule has 1 fully saturated rings. The van der Waals surface area contributed by atoms with Crippen molar-refractivity contribution in [3.63, 3.8) is 0 Å². The molecule has 0 bridgehead atoms. The molecular formula is C24H31FN6. The smallest absolute Gasteiger partial charge is 0.191 e. The Kier molecular flexibility index (Phi) is 7.02. The van der Waals surface area contributed by atoms with Gasteiger partial charge in [0.1, 0.15) is 11.6 Å². The number of nitrogens with one attached hydrogen (secondary N) is 3. The number of fused-ring (bicyclic) bond motifs is 1. The van der Waals surface area contributed by atoms with E-state index in [0.29, 0.717) is 13.1 Å². The van der Waals surface area contributed by atoms with Crippen molar-refractivity contribution in [2.24, 2.45) is 4.99 Å². The molecule has 0 amide bonds. The monoisotopic (exact) mass is 422 g/mol. The van der Waals surface area contributed by atoms with E-state index < -0.39 is 0 Å². The van der Waals surface area contributed by atoms with E-state index >= 15 is 0 Å². The van der Waals surface area contributed by atoms with E-state index in [1.807, 2.05) is 12.4 Å². The highest BCUT2D eigenvalue weighted by Crippen LogP contribution is 2.20. The van der Waals surface area contributed by atoms with E-state index in [1.165, 1.54) is 31.7 Å². The lowest BCUT2D eigenvalue weighted by molar-refractivity contribution is 0.629. The van der Waals surface area contributed by atoms with Crippen molar-refractivity contribution < 1.29 is 4.39 Å². The van der Waals surface area contributed by atoms with Crippen molar-refractivity contribution in [3.05, 3.63) is 59.7 Å². The predicted molar refractivity (Wildman–Crippen MR) is 125 cm³/mol. The van der Waals surface area contributed by atoms with Crippen LogP contribution in [0.5, 0.6) is 0 Å². The number of H-pyrrole nitrogens is 1. The van der Waals surface area contributed by atoms with Crippen LogP contribution in [0.3, 0.4) is 0 Å². The maximum atomic E-state index is 13.5. The van der Waals surface area contributed by atoms with Crippen molar-refractivity contribution in [2.45, 2.75) is 38.6 Å². The summed E-state index contributed by atoms with van der Waals surface area (Å²) in [6, 6.07) is 9.08. The maximum Gasteiger partial charge on any atom is 0.191 e. The van der Waals surface area contributed by atoms with Gasteiger partial charge in [0.25, 0.3) is 0 Å². The zero-order valence-corrected chi connectivity index (χ0v) is 18.1. The average molecular weight is 423 g/mol. The minimum Gasteiger partial charge on any atom is -0.361 e. The maximum absolute atomic E-state index is 13.5. The Morgan fingerprint density at radius 3 is 2.71 bits per heavy atom. The quantitative estimate of drug-likeness (QED) is 0.415. The number of pyridine rings is 1. The molecule has 3 aromatic rings. The molecule has 0 atom stereocenters. The molecule has 4 rings (SSSR count). The molecule has 0 aliphatic carbocycles. The number of nitrogens with zero attached hydrogens (tertiary/aromatic N) is 3. The second-order valence-electron chi connectivity index (χ2n) is 8.03. The third-order valence-corrected chi connectivity index (χ3v) is 5.84. The van der Waals surface area contributed by atoms with E-state index in [2.05, 4.69) is 42.6 Å². The fraction of sp³-hybridized carbons (Fsp3) is 0.417. The first-order chi connectivity index (χ1) is 15.2. The number of aliphatic imine (C=N–C) groups is 1. The summed E-state index contributed by atoms with van der Waals surface area (Å²) in [6.07, 6.45) is 9.81. The van der Waals surface area contributed by atoms with E-state index in [0.717, 1.165) is 53.3 Å². The molecule has 6 nitrogen and oxygen atoms in total. The Hall–Kier alpha value is -3.09. The van der Waals surface area contributed by atoms with Gasteiger partial charge in [0.15, 0.2) is 5.96 Å². The summed E-state index contributed by atoms with van der Waals surface area (Å²) in [5.74, 6) is 1.60. The second kappa shape index (κ2) is 10.3. The molecule has 164 valence electrons. The van der Waals surface area contributed by atoms with Crippen LogP contribution in [0, 0.1) is 5.82 Å². The van der Waals surface area contributed by atoms with Gasteiger partial charge >= 0.3 is 0 Å². The molecule has 0 radical (unpaired) electrons. The van der Waals surface area contributed by atoms with E-state index in [9.17, 15) is 4.39 Å². The highest BCUT2D eigenvalue weighted by atomic mass is 19.1. The third kappa shape index (κ3) is 5.54. The van der Waals surface area contributed by atoms with Crippen LogP contribution in [-0.4, -0.2) is 42.6 Å². The number of halogens is 1. The van der Waals surface area contributed by atoms with Gasteiger partial charge in [-0.2, -0.15) is 0 Å². The Morgan fingerprint density at radius 1 is 1.13 bits per heavy atom. The number of rotatable bonds is 6. The van der Waals surface area contributed by atoms with Gasteiger partial charge in [-0.1, -0.05) is 18.9 Å². The van der Waals surface area contributed by atoms with Crippen LogP contribution >= 0.6 is 0 Å². The summed E-state index contributed by atoms with van der Waals surface area (Å²) in [7, 11) is 1.76. The Morgan fingerprint density at radius 2 is 1.97 bits per heavy atom. The van der Waals surface area contributed by atoms with Crippen molar-refractivity contribution >= 4 is 22.7 Å². The van der Waals surface area contributed by atoms with Crippen molar-refractivity contribution in [3.8, 4) is 0 Å². The van der Waals surface area contributed by atoms with Gasteiger partial charge in [0, 0.05) is 56.5 Å². The van der Waals surface area contributed by atoms with Gasteiger partial charge in [-0.3, -0.25) is 4.99 Å². The van der Waals surface area contributed by atoms with Gasteiger partial charge in [-0.05, 0) is 54.7 Å². The van der Waals surface area contributed by atoms with Crippen LogP contribution in [0.2, 0.25) is 0 Å². The molecule has 1 saturated heterocycles. The zero-order chi connectivity index (χ0) is 21.5. The van der Waals surface area contributed by atoms with Crippen LogP contribution < -0.4 is 15.5 Å². The van der Waals surface area contributed by atoms with Crippen LogP contribution in [0.15, 0.2) is 47.7 Å². The molecule has 3 heterocycles. The number of anilines is 1. The van der Waals surface area contributed by atoms with Crippen molar-refractivity contribution in [1.82, 2.24) is 20.6 Å². The Bertz CT molecular complexity index is 1000. The molecule has 0 unspecified atom stereocenters. The minimum absolute atomic E-state index is 0.214. The molecule has 0 spiro atoms. The number of guanidine groups is 1. The van der Waals surface area contributed by atoms with E-state index in [-0.39, 0.29) is 5.82 Å². The molecule has 1 aromatic carbocycles. The molecule has 7 heteroatoms. The normalized spacial score (nSPS) is 15.2. The topological polar surface area (TPSA) is 68.3 Å². The van der Waals surface area contributed by atoms with E-state index in [4.69, 9.17) is 0 Å². The molecule has 1 aliphatic heterocycles. The third-order valence-electron chi connectivity index (χ3n) is 5.84. The molecule has 0 saturated carbocycles. The molecule has 1 aliphatic rings. The first-order valence-electron chi connectivity index (χ1n) is 11.1. The van der Waals surface area contributed by atoms with Gasteiger partial charge in [0.05, 0.1) is 0 Å².